The summed E-state index contributed by atoms with van der Waals surface area (Å²) in [6.07, 6.45) is 5.11. The van der Waals surface area contributed by atoms with Crippen LogP contribution in [0.15, 0.2) is 36.8 Å². The highest BCUT2D eigenvalue weighted by Crippen LogP contribution is 2.25. The molecule has 1 aromatic carbocycles. The highest BCUT2D eigenvalue weighted by atomic mass is 35.5. The molecule has 0 aliphatic heterocycles. The van der Waals surface area contributed by atoms with Crippen LogP contribution in [0.3, 0.4) is 0 Å². The normalized spacial score (nSPS) is 10.9. The zero-order valence-corrected chi connectivity index (χ0v) is 11.3. The van der Waals surface area contributed by atoms with Crippen molar-refractivity contribution in [3.05, 3.63) is 47.4 Å². The fourth-order valence-corrected chi connectivity index (χ4v) is 1.87. The number of hydrogen-bond donors (Lipinski definition) is 1. The van der Waals surface area contributed by atoms with Gasteiger partial charge in [0.2, 0.25) is 0 Å². The number of benzene rings is 1. The van der Waals surface area contributed by atoms with Crippen molar-refractivity contribution in [3.63, 3.8) is 0 Å². The summed E-state index contributed by atoms with van der Waals surface area (Å²) in [5, 5.41) is 4.11. The van der Waals surface area contributed by atoms with Crippen molar-refractivity contribution in [2.45, 2.75) is 26.4 Å². The average molecular weight is 262 g/mol. The smallest absolute Gasteiger partial charge is 0.0888 e. The zero-order chi connectivity index (χ0) is 13.0. The lowest BCUT2D eigenvalue weighted by molar-refractivity contribution is 0.589. The molecule has 2 rings (SSSR count). The Morgan fingerprint density at radius 3 is 2.78 bits per heavy atom. The minimum atomic E-state index is 0.440. The Bertz CT molecular complexity index is 512. The SMILES string of the molecule is CC(C)NCc1ccc(Cl)cc1-c1cnccn1. The number of nitrogens with zero attached hydrogens (tertiary/aromatic N) is 2. The summed E-state index contributed by atoms with van der Waals surface area (Å²) in [6, 6.07) is 6.30. The van der Waals surface area contributed by atoms with Gasteiger partial charge < -0.3 is 5.32 Å². The van der Waals surface area contributed by atoms with E-state index in [2.05, 4.69) is 29.1 Å². The minimum Gasteiger partial charge on any atom is -0.310 e. The first-order chi connectivity index (χ1) is 8.66. The van der Waals surface area contributed by atoms with Crippen LogP contribution in [-0.2, 0) is 6.54 Å². The molecule has 1 heterocycles. The van der Waals surface area contributed by atoms with Crippen molar-refractivity contribution in [3.8, 4) is 11.3 Å². The number of nitrogens with one attached hydrogen (secondary N) is 1. The summed E-state index contributed by atoms with van der Waals surface area (Å²) in [5.74, 6) is 0. The highest BCUT2D eigenvalue weighted by Gasteiger charge is 2.07. The van der Waals surface area contributed by atoms with Crippen LogP contribution in [0.1, 0.15) is 19.4 Å². The predicted octanol–water partition coefficient (Wildman–Crippen LogP) is 3.30. The van der Waals surface area contributed by atoms with E-state index in [0.29, 0.717) is 11.1 Å². The highest BCUT2D eigenvalue weighted by molar-refractivity contribution is 6.30. The van der Waals surface area contributed by atoms with Gasteiger partial charge in [0.1, 0.15) is 0 Å². The Morgan fingerprint density at radius 2 is 2.11 bits per heavy atom. The summed E-state index contributed by atoms with van der Waals surface area (Å²) in [4.78, 5) is 8.43. The van der Waals surface area contributed by atoms with Crippen molar-refractivity contribution < 1.29 is 0 Å². The Labute approximate surface area is 112 Å². The van der Waals surface area contributed by atoms with Crippen molar-refractivity contribution >= 4 is 11.6 Å². The quantitative estimate of drug-likeness (QED) is 0.918. The molecule has 1 aromatic heterocycles. The van der Waals surface area contributed by atoms with Crippen LogP contribution in [0.4, 0.5) is 0 Å². The molecule has 0 radical (unpaired) electrons. The molecule has 0 spiro atoms. The van der Waals surface area contributed by atoms with E-state index >= 15 is 0 Å². The van der Waals surface area contributed by atoms with Gasteiger partial charge in [0, 0.05) is 35.6 Å². The van der Waals surface area contributed by atoms with Crippen molar-refractivity contribution in [2.24, 2.45) is 0 Å². The summed E-state index contributed by atoms with van der Waals surface area (Å²) >= 11 is 6.06. The van der Waals surface area contributed by atoms with E-state index in [-0.39, 0.29) is 0 Å². The summed E-state index contributed by atoms with van der Waals surface area (Å²) < 4.78 is 0. The number of rotatable bonds is 4. The molecule has 0 aliphatic rings. The lowest BCUT2D eigenvalue weighted by Crippen LogP contribution is -2.22. The molecule has 0 fully saturated rings. The summed E-state index contributed by atoms with van der Waals surface area (Å²) in [6.45, 7) is 5.04. The van der Waals surface area contributed by atoms with Gasteiger partial charge in [-0.15, -0.1) is 0 Å². The average Bonchev–Trinajstić information content (AvgIpc) is 2.38. The van der Waals surface area contributed by atoms with Gasteiger partial charge in [0.15, 0.2) is 0 Å². The van der Waals surface area contributed by atoms with Gasteiger partial charge >= 0.3 is 0 Å². The van der Waals surface area contributed by atoms with Gasteiger partial charge in [0.05, 0.1) is 11.9 Å². The molecule has 94 valence electrons. The molecule has 0 amide bonds. The third-order valence-corrected chi connectivity index (χ3v) is 2.85. The molecule has 0 atom stereocenters. The molecule has 0 aliphatic carbocycles. The summed E-state index contributed by atoms with van der Waals surface area (Å²) in [7, 11) is 0. The van der Waals surface area contributed by atoms with E-state index in [9.17, 15) is 0 Å². The lowest BCUT2D eigenvalue weighted by Gasteiger charge is -2.12. The zero-order valence-electron chi connectivity index (χ0n) is 10.5. The van der Waals surface area contributed by atoms with Crippen LogP contribution in [0.2, 0.25) is 5.02 Å². The number of hydrogen-bond acceptors (Lipinski definition) is 3. The van der Waals surface area contributed by atoms with Gasteiger partial charge in [-0.05, 0) is 17.7 Å². The van der Waals surface area contributed by atoms with Crippen LogP contribution in [0.5, 0.6) is 0 Å². The van der Waals surface area contributed by atoms with Crippen LogP contribution < -0.4 is 5.32 Å². The van der Waals surface area contributed by atoms with Crippen molar-refractivity contribution in [1.82, 2.24) is 15.3 Å². The van der Waals surface area contributed by atoms with Gasteiger partial charge in [0.25, 0.3) is 0 Å². The number of aromatic nitrogens is 2. The second-order valence-corrected chi connectivity index (χ2v) is 4.86. The maximum absolute atomic E-state index is 6.06. The third-order valence-electron chi connectivity index (χ3n) is 2.61. The van der Waals surface area contributed by atoms with Crippen LogP contribution in [-0.4, -0.2) is 16.0 Å². The molecule has 2 aromatic rings. The lowest BCUT2D eigenvalue weighted by atomic mass is 10.0. The summed E-state index contributed by atoms with van der Waals surface area (Å²) in [5.41, 5.74) is 3.05. The molecule has 3 nitrogen and oxygen atoms in total. The molecule has 18 heavy (non-hydrogen) atoms. The molecule has 0 saturated heterocycles. The fourth-order valence-electron chi connectivity index (χ4n) is 1.69. The standard InChI is InChI=1S/C14H16ClN3/c1-10(2)18-8-11-3-4-12(15)7-13(11)14-9-16-5-6-17-14/h3-7,9-10,18H,8H2,1-2H3. The predicted molar refractivity (Wildman–Crippen MR) is 74.5 cm³/mol. The second kappa shape index (κ2) is 5.94. The monoisotopic (exact) mass is 261 g/mol. The van der Waals surface area contributed by atoms with E-state index < -0.39 is 0 Å². The molecule has 0 saturated carbocycles. The molecule has 0 bridgehead atoms. The van der Waals surface area contributed by atoms with Crippen LogP contribution >= 0.6 is 11.6 Å². The first-order valence-electron chi connectivity index (χ1n) is 5.95. The third kappa shape index (κ3) is 3.28. The Hall–Kier alpha value is -1.45. The first-order valence-corrected chi connectivity index (χ1v) is 6.33. The molecule has 0 unspecified atom stereocenters. The molecule has 1 N–H and O–H groups in total. The topological polar surface area (TPSA) is 37.8 Å². The largest absolute Gasteiger partial charge is 0.310 e. The van der Waals surface area contributed by atoms with E-state index in [4.69, 9.17) is 11.6 Å². The Balaban J connectivity index is 2.35. The second-order valence-electron chi connectivity index (χ2n) is 4.43. The Kier molecular flexibility index (Phi) is 4.28. The van der Waals surface area contributed by atoms with E-state index in [1.165, 1.54) is 5.56 Å². The molecule has 4 heteroatoms. The maximum Gasteiger partial charge on any atom is 0.0888 e. The molecular weight excluding hydrogens is 246 g/mol. The van der Waals surface area contributed by atoms with Crippen LogP contribution in [0, 0.1) is 0 Å². The van der Waals surface area contributed by atoms with Gasteiger partial charge in [-0.25, -0.2) is 0 Å². The van der Waals surface area contributed by atoms with Gasteiger partial charge in [-0.3, -0.25) is 9.97 Å². The van der Waals surface area contributed by atoms with Crippen molar-refractivity contribution in [2.75, 3.05) is 0 Å². The van der Waals surface area contributed by atoms with Crippen LogP contribution in [0.25, 0.3) is 11.3 Å². The van der Waals surface area contributed by atoms with Gasteiger partial charge in [-0.1, -0.05) is 31.5 Å². The minimum absolute atomic E-state index is 0.440. The Morgan fingerprint density at radius 1 is 1.28 bits per heavy atom. The maximum atomic E-state index is 6.06. The molecular formula is C14H16ClN3. The van der Waals surface area contributed by atoms with Gasteiger partial charge in [-0.2, -0.15) is 0 Å². The van der Waals surface area contributed by atoms with E-state index in [1.54, 1.807) is 18.6 Å². The first kappa shape index (κ1) is 13.0. The van der Waals surface area contributed by atoms with Crippen molar-refractivity contribution in [1.29, 1.82) is 0 Å². The number of halogens is 1. The fraction of sp³-hybridized carbons (Fsp3) is 0.286. The van der Waals surface area contributed by atoms with E-state index in [1.807, 2.05) is 18.2 Å². The van der Waals surface area contributed by atoms with E-state index in [0.717, 1.165) is 17.8 Å².